The molecule has 0 fully saturated rings. The summed E-state index contributed by atoms with van der Waals surface area (Å²) in [7, 11) is 1.64. The lowest BCUT2D eigenvalue weighted by Gasteiger charge is -2.10. The molecule has 0 heterocycles. The predicted molar refractivity (Wildman–Crippen MR) is 55.9 cm³/mol. The first-order chi connectivity index (χ1) is 6.63. The normalized spacial score (nSPS) is 10.9. The van der Waals surface area contributed by atoms with Crippen molar-refractivity contribution in [2.45, 2.75) is 13.3 Å². The Morgan fingerprint density at radius 3 is 2.71 bits per heavy atom. The van der Waals surface area contributed by atoms with E-state index in [1.165, 1.54) is 12.1 Å². The maximum Gasteiger partial charge on any atom is 0.124 e. The molecule has 0 N–H and O–H groups in total. The molecule has 0 saturated carbocycles. The number of methoxy groups -OCH3 is 1. The van der Waals surface area contributed by atoms with Gasteiger partial charge in [0, 0.05) is 24.7 Å². The third kappa shape index (κ3) is 3.28. The zero-order valence-corrected chi connectivity index (χ0v) is 9.07. The van der Waals surface area contributed by atoms with Crippen LogP contribution in [0.1, 0.15) is 18.9 Å². The number of ether oxygens (including phenoxy) is 1. The second-order valence-electron chi connectivity index (χ2n) is 3.18. The summed E-state index contributed by atoms with van der Waals surface area (Å²) >= 11 is 5.74. The molecular formula is C11H13ClFO. The molecule has 0 atom stereocenters. The summed E-state index contributed by atoms with van der Waals surface area (Å²) in [5, 5.41) is 0.428. The highest BCUT2D eigenvalue weighted by atomic mass is 35.5. The summed E-state index contributed by atoms with van der Waals surface area (Å²) in [5.74, 6) is 0.775. The first kappa shape index (κ1) is 11.5. The van der Waals surface area contributed by atoms with E-state index in [4.69, 9.17) is 16.3 Å². The molecule has 0 amide bonds. The predicted octanol–water partition coefficient (Wildman–Crippen LogP) is 3.46. The molecule has 77 valence electrons. The lowest BCUT2D eigenvalue weighted by molar-refractivity contribution is 0.199. The van der Waals surface area contributed by atoms with Crippen molar-refractivity contribution < 1.29 is 9.13 Å². The molecule has 1 aromatic carbocycles. The highest BCUT2D eigenvalue weighted by Crippen LogP contribution is 2.22. The minimum absolute atomic E-state index is 0.302. The standard InChI is InChI=1S/C11H13ClFO/c1-8(3-4-14-2)9-5-10(12)7-11(13)6-9/h5-7H,3-4H2,1-2H3. The molecule has 0 spiro atoms. The van der Waals surface area contributed by atoms with Gasteiger partial charge in [0.2, 0.25) is 0 Å². The molecule has 1 rings (SSSR count). The maximum absolute atomic E-state index is 13.0. The van der Waals surface area contributed by atoms with E-state index in [1.807, 2.05) is 6.92 Å². The van der Waals surface area contributed by atoms with Crippen LogP contribution in [0.3, 0.4) is 0 Å². The lowest BCUT2D eigenvalue weighted by Crippen LogP contribution is -2.00. The van der Waals surface area contributed by atoms with E-state index >= 15 is 0 Å². The Labute approximate surface area is 88.8 Å². The van der Waals surface area contributed by atoms with Crippen LogP contribution in [0.5, 0.6) is 0 Å². The number of hydrogen-bond acceptors (Lipinski definition) is 1. The van der Waals surface area contributed by atoms with Crippen molar-refractivity contribution in [2.24, 2.45) is 0 Å². The van der Waals surface area contributed by atoms with E-state index < -0.39 is 0 Å². The van der Waals surface area contributed by atoms with Crippen molar-refractivity contribution >= 4 is 11.6 Å². The highest BCUT2D eigenvalue weighted by Gasteiger charge is 2.08. The topological polar surface area (TPSA) is 9.23 Å². The van der Waals surface area contributed by atoms with Gasteiger partial charge >= 0.3 is 0 Å². The first-order valence-corrected chi connectivity index (χ1v) is 4.79. The molecule has 1 aromatic rings. The van der Waals surface area contributed by atoms with Crippen LogP contribution >= 0.6 is 11.6 Å². The van der Waals surface area contributed by atoms with Crippen LogP contribution in [0, 0.1) is 11.7 Å². The Hall–Kier alpha value is -0.600. The Kier molecular flexibility index (Phi) is 4.36. The minimum atomic E-state index is -0.302. The van der Waals surface area contributed by atoms with Crippen molar-refractivity contribution in [3.05, 3.63) is 40.5 Å². The first-order valence-electron chi connectivity index (χ1n) is 4.41. The van der Waals surface area contributed by atoms with Crippen molar-refractivity contribution in [2.75, 3.05) is 13.7 Å². The summed E-state index contributed by atoms with van der Waals surface area (Å²) in [6, 6.07) is 4.54. The molecule has 3 heteroatoms. The number of benzene rings is 1. The van der Waals surface area contributed by atoms with Gasteiger partial charge in [0.25, 0.3) is 0 Å². The van der Waals surface area contributed by atoms with Gasteiger partial charge in [-0.05, 0) is 30.2 Å². The largest absolute Gasteiger partial charge is 0.385 e. The van der Waals surface area contributed by atoms with Gasteiger partial charge in [0.1, 0.15) is 5.82 Å². The number of hydrogen-bond donors (Lipinski definition) is 0. The Morgan fingerprint density at radius 1 is 1.43 bits per heavy atom. The average molecular weight is 216 g/mol. The van der Waals surface area contributed by atoms with Gasteiger partial charge in [-0.2, -0.15) is 0 Å². The van der Waals surface area contributed by atoms with Crippen molar-refractivity contribution in [1.82, 2.24) is 0 Å². The molecular weight excluding hydrogens is 203 g/mol. The van der Waals surface area contributed by atoms with Gasteiger partial charge in [-0.1, -0.05) is 18.5 Å². The molecule has 0 aliphatic rings. The summed E-state index contributed by atoms with van der Waals surface area (Å²) in [6.45, 7) is 2.59. The van der Waals surface area contributed by atoms with E-state index in [0.717, 1.165) is 17.9 Å². The third-order valence-electron chi connectivity index (χ3n) is 2.04. The minimum Gasteiger partial charge on any atom is -0.385 e. The Balaban J connectivity index is 2.73. The Bertz CT molecular complexity index is 281. The monoisotopic (exact) mass is 215 g/mol. The molecule has 0 saturated heterocycles. The molecule has 1 nitrogen and oxygen atoms in total. The van der Waals surface area contributed by atoms with E-state index in [9.17, 15) is 4.39 Å². The molecule has 0 aliphatic heterocycles. The lowest BCUT2D eigenvalue weighted by atomic mass is 9.98. The molecule has 14 heavy (non-hydrogen) atoms. The fourth-order valence-electron chi connectivity index (χ4n) is 1.20. The third-order valence-corrected chi connectivity index (χ3v) is 2.25. The van der Waals surface area contributed by atoms with Gasteiger partial charge in [-0.25, -0.2) is 4.39 Å². The summed E-state index contributed by atoms with van der Waals surface area (Å²) in [4.78, 5) is 0. The second-order valence-corrected chi connectivity index (χ2v) is 3.62. The number of halogens is 2. The van der Waals surface area contributed by atoms with E-state index in [-0.39, 0.29) is 5.82 Å². The van der Waals surface area contributed by atoms with Crippen LogP contribution in [0.25, 0.3) is 0 Å². The average Bonchev–Trinajstić information content (AvgIpc) is 2.12. The summed E-state index contributed by atoms with van der Waals surface area (Å²) in [5.41, 5.74) is 0.840. The molecule has 0 aliphatic carbocycles. The van der Waals surface area contributed by atoms with Crippen LogP contribution in [-0.2, 0) is 4.74 Å². The van der Waals surface area contributed by atoms with Crippen molar-refractivity contribution in [1.29, 1.82) is 0 Å². The van der Waals surface area contributed by atoms with Gasteiger partial charge in [-0.3, -0.25) is 0 Å². The smallest absolute Gasteiger partial charge is 0.124 e. The van der Waals surface area contributed by atoms with Crippen LogP contribution in [0.15, 0.2) is 18.2 Å². The quantitative estimate of drug-likeness (QED) is 0.748. The van der Waals surface area contributed by atoms with Crippen LogP contribution in [-0.4, -0.2) is 13.7 Å². The zero-order valence-electron chi connectivity index (χ0n) is 8.31. The van der Waals surface area contributed by atoms with E-state index in [2.05, 4.69) is 0 Å². The SMILES string of the molecule is COCC[C](C)c1cc(F)cc(Cl)c1. The summed E-state index contributed by atoms with van der Waals surface area (Å²) < 4.78 is 17.9. The number of rotatable bonds is 4. The zero-order chi connectivity index (χ0) is 10.6. The van der Waals surface area contributed by atoms with Gasteiger partial charge < -0.3 is 4.74 Å². The maximum atomic E-state index is 13.0. The van der Waals surface area contributed by atoms with Gasteiger partial charge in [-0.15, -0.1) is 0 Å². The van der Waals surface area contributed by atoms with Crippen molar-refractivity contribution in [3.8, 4) is 0 Å². The molecule has 0 aromatic heterocycles. The Morgan fingerprint density at radius 2 is 2.14 bits per heavy atom. The summed E-state index contributed by atoms with van der Waals surface area (Å²) in [6.07, 6.45) is 0.788. The van der Waals surface area contributed by atoms with Crippen LogP contribution in [0.4, 0.5) is 4.39 Å². The van der Waals surface area contributed by atoms with Crippen LogP contribution < -0.4 is 0 Å². The highest BCUT2D eigenvalue weighted by molar-refractivity contribution is 6.30. The second kappa shape index (κ2) is 5.32. The van der Waals surface area contributed by atoms with E-state index in [0.29, 0.717) is 11.6 Å². The van der Waals surface area contributed by atoms with E-state index in [1.54, 1.807) is 13.2 Å². The fourth-order valence-corrected chi connectivity index (χ4v) is 1.42. The molecule has 1 radical (unpaired) electrons. The van der Waals surface area contributed by atoms with Crippen molar-refractivity contribution in [3.63, 3.8) is 0 Å². The van der Waals surface area contributed by atoms with Gasteiger partial charge in [0.05, 0.1) is 0 Å². The van der Waals surface area contributed by atoms with Gasteiger partial charge in [0.15, 0.2) is 0 Å². The molecule has 0 bridgehead atoms. The molecule has 0 unspecified atom stereocenters. The van der Waals surface area contributed by atoms with Crippen LogP contribution in [0.2, 0.25) is 5.02 Å². The fraction of sp³-hybridized carbons (Fsp3) is 0.364.